The van der Waals surface area contributed by atoms with Gasteiger partial charge < -0.3 is 5.11 Å². The van der Waals surface area contributed by atoms with Gasteiger partial charge in [0.2, 0.25) is 0 Å². The first-order valence-corrected chi connectivity index (χ1v) is 7.21. The van der Waals surface area contributed by atoms with Crippen molar-refractivity contribution < 1.29 is 18.3 Å². The Morgan fingerprint density at radius 1 is 1.19 bits per heavy atom. The highest BCUT2D eigenvalue weighted by Gasteiger charge is 2.32. The summed E-state index contributed by atoms with van der Waals surface area (Å²) in [4.78, 5) is 0. The normalized spacial score (nSPS) is 26.2. The molecule has 116 valence electrons. The van der Waals surface area contributed by atoms with Gasteiger partial charge >= 0.3 is 6.18 Å². The van der Waals surface area contributed by atoms with E-state index in [0.29, 0.717) is 0 Å². The third kappa shape index (κ3) is 4.34. The number of halogens is 3. The van der Waals surface area contributed by atoms with Gasteiger partial charge in [0.25, 0.3) is 0 Å². The van der Waals surface area contributed by atoms with Gasteiger partial charge in [0.1, 0.15) is 0 Å². The highest BCUT2D eigenvalue weighted by atomic mass is 19.4. The average molecular weight is 298 g/mol. The number of aliphatic hydroxyl groups is 1. The predicted octanol–water partition coefficient (Wildman–Crippen LogP) is 4.91. The molecule has 2 unspecified atom stereocenters. The summed E-state index contributed by atoms with van der Waals surface area (Å²) in [7, 11) is 0. The topological polar surface area (TPSA) is 20.2 Å². The minimum Gasteiger partial charge on any atom is -0.393 e. The number of aliphatic hydroxyl groups excluding tert-OH is 1. The molecule has 4 heteroatoms. The first-order valence-electron chi connectivity index (χ1n) is 7.21. The van der Waals surface area contributed by atoms with Gasteiger partial charge in [0.05, 0.1) is 11.7 Å². The molecule has 0 aromatic heterocycles. The summed E-state index contributed by atoms with van der Waals surface area (Å²) in [6.45, 7) is 4.36. The van der Waals surface area contributed by atoms with E-state index in [1.165, 1.54) is 12.1 Å². The average Bonchev–Trinajstić information content (AvgIpc) is 2.39. The lowest BCUT2D eigenvalue weighted by Crippen LogP contribution is -2.32. The van der Waals surface area contributed by atoms with Crippen LogP contribution in [0, 0.1) is 11.3 Å². The molecule has 1 N–H and O–H groups in total. The van der Waals surface area contributed by atoms with Gasteiger partial charge in [-0.3, -0.25) is 0 Å². The minimum absolute atomic E-state index is 0.0658. The van der Waals surface area contributed by atoms with Crippen LogP contribution in [-0.4, -0.2) is 11.2 Å². The SMILES string of the molecule is CC1(C)CCC(O)C(/C=C/c2ccc(C(F)(F)F)cc2)C1. The summed E-state index contributed by atoms with van der Waals surface area (Å²) >= 11 is 0. The third-order valence-corrected chi connectivity index (χ3v) is 4.17. The van der Waals surface area contributed by atoms with Crippen LogP contribution in [0.3, 0.4) is 0 Å². The lowest BCUT2D eigenvalue weighted by molar-refractivity contribution is -0.137. The van der Waals surface area contributed by atoms with Gasteiger partial charge in [-0.2, -0.15) is 13.2 Å². The van der Waals surface area contributed by atoms with Crippen molar-refractivity contribution in [3.05, 3.63) is 41.5 Å². The molecule has 1 aliphatic rings. The van der Waals surface area contributed by atoms with E-state index in [2.05, 4.69) is 13.8 Å². The van der Waals surface area contributed by atoms with Crippen molar-refractivity contribution >= 4 is 6.08 Å². The summed E-state index contributed by atoms with van der Waals surface area (Å²) < 4.78 is 37.4. The highest BCUT2D eigenvalue weighted by molar-refractivity contribution is 5.50. The first-order chi connectivity index (χ1) is 9.67. The Morgan fingerprint density at radius 2 is 1.81 bits per heavy atom. The van der Waals surface area contributed by atoms with E-state index >= 15 is 0 Å². The lowest BCUT2D eigenvalue weighted by Gasteiger charge is -2.37. The Kier molecular flexibility index (Phi) is 4.47. The zero-order valence-electron chi connectivity index (χ0n) is 12.3. The van der Waals surface area contributed by atoms with Gasteiger partial charge in [-0.15, -0.1) is 0 Å². The fourth-order valence-electron chi connectivity index (χ4n) is 2.84. The molecule has 0 saturated heterocycles. The molecule has 0 heterocycles. The van der Waals surface area contributed by atoms with Crippen LogP contribution in [0.1, 0.15) is 44.2 Å². The molecule has 0 amide bonds. The number of alkyl halides is 3. The summed E-state index contributed by atoms with van der Waals surface area (Å²) in [6.07, 6.45) is 1.73. The molecule has 2 atom stereocenters. The molecule has 0 spiro atoms. The van der Waals surface area contributed by atoms with Crippen molar-refractivity contribution in [2.24, 2.45) is 11.3 Å². The van der Waals surface area contributed by atoms with E-state index in [1.807, 2.05) is 6.08 Å². The largest absolute Gasteiger partial charge is 0.416 e. The van der Waals surface area contributed by atoms with Crippen molar-refractivity contribution in [2.75, 3.05) is 0 Å². The van der Waals surface area contributed by atoms with Gasteiger partial charge in [-0.1, -0.05) is 38.1 Å². The molecule has 1 saturated carbocycles. The number of hydrogen-bond donors (Lipinski definition) is 1. The lowest BCUT2D eigenvalue weighted by atomic mass is 9.71. The van der Waals surface area contributed by atoms with Crippen molar-refractivity contribution in [3.63, 3.8) is 0 Å². The maximum atomic E-state index is 12.5. The Balaban J connectivity index is 2.07. The second-order valence-electron chi connectivity index (χ2n) is 6.62. The van der Waals surface area contributed by atoms with Crippen LogP contribution in [0.15, 0.2) is 30.3 Å². The first kappa shape index (κ1) is 16.1. The summed E-state index contributed by atoms with van der Waals surface area (Å²) in [5, 5.41) is 10.0. The highest BCUT2D eigenvalue weighted by Crippen LogP contribution is 2.39. The van der Waals surface area contributed by atoms with E-state index in [1.54, 1.807) is 6.08 Å². The van der Waals surface area contributed by atoms with Crippen LogP contribution in [-0.2, 0) is 6.18 Å². The second-order valence-corrected chi connectivity index (χ2v) is 6.62. The maximum absolute atomic E-state index is 12.5. The third-order valence-electron chi connectivity index (χ3n) is 4.17. The van der Waals surface area contributed by atoms with Crippen molar-refractivity contribution in [1.29, 1.82) is 0 Å². The van der Waals surface area contributed by atoms with E-state index in [0.717, 1.165) is 37.0 Å². The van der Waals surface area contributed by atoms with E-state index in [-0.39, 0.29) is 17.4 Å². The van der Waals surface area contributed by atoms with E-state index < -0.39 is 11.7 Å². The van der Waals surface area contributed by atoms with Crippen molar-refractivity contribution in [3.8, 4) is 0 Å². The smallest absolute Gasteiger partial charge is 0.393 e. The number of benzene rings is 1. The van der Waals surface area contributed by atoms with Crippen LogP contribution >= 0.6 is 0 Å². The van der Waals surface area contributed by atoms with Crippen molar-refractivity contribution in [1.82, 2.24) is 0 Å². The molecule has 2 rings (SSSR count). The molecular weight excluding hydrogens is 277 g/mol. The number of hydrogen-bond acceptors (Lipinski definition) is 1. The molecule has 1 aromatic rings. The quantitative estimate of drug-likeness (QED) is 0.823. The zero-order valence-corrected chi connectivity index (χ0v) is 12.3. The standard InChI is InChI=1S/C17H21F3O/c1-16(2)10-9-15(21)13(11-16)6-3-12-4-7-14(8-5-12)17(18,19)20/h3-8,13,15,21H,9-11H2,1-2H3/b6-3+. The molecule has 1 aliphatic carbocycles. The summed E-state index contributed by atoms with van der Waals surface area (Å²) in [6, 6.07) is 5.08. The van der Waals surface area contributed by atoms with Crippen LogP contribution in [0.5, 0.6) is 0 Å². The van der Waals surface area contributed by atoms with Crippen LogP contribution < -0.4 is 0 Å². The van der Waals surface area contributed by atoms with Crippen LogP contribution in [0.25, 0.3) is 6.08 Å². The number of rotatable bonds is 2. The van der Waals surface area contributed by atoms with Gasteiger partial charge in [-0.05, 0) is 42.4 Å². The second kappa shape index (κ2) is 5.84. The van der Waals surface area contributed by atoms with E-state index in [4.69, 9.17) is 0 Å². The van der Waals surface area contributed by atoms with Crippen LogP contribution in [0.2, 0.25) is 0 Å². The molecule has 21 heavy (non-hydrogen) atoms. The summed E-state index contributed by atoms with van der Waals surface area (Å²) in [5.41, 5.74) is 0.283. The van der Waals surface area contributed by atoms with Crippen LogP contribution in [0.4, 0.5) is 13.2 Å². The molecule has 1 nitrogen and oxygen atoms in total. The van der Waals surface area contributed by atoms with Crippen molar-refractivity contribution in [2.45, 2.75) is 45.4 Å². The van der Waals surface area contributed by atoms with E-state index in [9.17, 15) is 18.3 Å². The molecule has 0 aliphatic heterocycles. The molecule has 0 radical (unpaired) electrons. The van der Waals surface area contributed by atoms with Gasteiger partial charge in [0.15, 0.2) is 0 Å². The molecule has 1 aromatic carbocycles. The zero-order chi connectivity index (χ0) is 15.7. The maximum Gasteiger partial charge on any atom is 0.416 e. The monoisotopic (exact) mass is 298 g/mol. The fraction of sp³-hybridized carbons (Fsp3) is 0.529. The Morgan fingerprint density at radius 3 is 2.38 bits per heavy atom. The molecule has 1 fully saturated rings. The fourth-order valence-corrected chi connectivity index (χ4v) is 2.84. The van der Waals surface area contributed by atoms with Gasteiger partial charge in [-0.25, -0.2) is 0 Å². The summed E-state index contributed by atoms with van der Waals surface area (Å²) in [5.74, 6) is 0.0658. The predicted molar refractivity (Wildman–Crippen MR) is 77.6 cm³/mol. The Hall–Kier alpha value is -1.29. The molecular formula is C17H21F3O. The van der Waals surface area contributed by atoms with Gasteiger partial charge in [0, 0.05) is 5.92 Å². The Labute approximate surface area is 123 Å². The Bertz CT molecular complexity index is 500. The molecule has 0 bridgehead atoms. The minimum atomic E-state index is -4.30.